The summed E-state index contributed by atoms with van der Waals surface area (Å²) in [7, 11) is 0. The van der Waals surface area contributed by atoms with Crippen molar-refractivity contribution < 1.29 is 44.5 Å². The van der Waals surface area contributed by atoms with E-state index < -0.39 is 61.4 Å². The average Bonchev–Trinajstić information content (AvgIpc) is 3.00. The molecular weight excluding hydrogens is 324 g/mol. The molecular formula is C15H22O9. The number of aliphatic hydroxyl groups is 4. The van der Waals surface area contributed by atoms with Crippen molar-refractivity contribution in [2.45, 2.75) is 49.8 Å². The molecule has 24 heavy (non-hydrogen) atoms. The Labute approximate surface area is 138 Å². The first-order chi connectivity index (χ1) is 11.4. The monoisotopic (exact) mass is 346 g/mol. The number of hydrogen-bond donors (Lipinski definition) is 5. The summed E-state index contributed by atoms with van der Waals surface area (Å²) in [5.41, 5.74) is 0. The van der Waals surface area contributed by atoms with E-state index in [0.29, 0.717) is 12.8 Å². The molecule has 9 nitrogen and oxygen atoms in total. The van der Waals surface area contributed by atoms with Gasteiger partial charge in [-0.15, -0.1) is 0 Å². The molecule has 2 fully saturated rings. The van der Waals surface area contributed by atoms with Crippen LogP contribution in [0.5, 0.6) is 0 Å². The third-order valence-electron chi connectivity index (χ3n) is 5.06. The van der Waals surface area contributed by atoms with Crippen LogP contribution in [-0.4, -0.2) is 75.1 Å². The molecule has 9 heteroatoms. The van der Waals surface area contributed by atoms with Gasteiger partial charge in [-0.1, -0.05) is 0 Å². The van der Waals surface area contributed by atoms with Gasteiger partial charge in [0.1, 0.15) is 24.4 Å². The van der Waals surface area contributed by atoms with Crippen LogP contribution in [0.15, 0.2) is 12.3 Å². The Bertz CT molecular complexity index is 493. The van der Waals surface area contributed by atoms with E-state index in [1.807, 2.05) is 0 Å². The Balaban J connectivity index is 1.74. The standard InChI is InChI=1S/C15H22O9/c16-5-8-10(17)11(18)12(19)15(23-8)24-14-9-6(3-4-22-14)1-2-7(9)13(20)21/h3-4,6-12,14-19H,1-2,5H2,(H,20,21)/t6-,7-,8?,9+,10?,11?,12?,14+,15?/m1/s1. The smallest absolute Gasteiger partial charge is 0.307 e. The molecule has 5 N–H and O–H groups in total. The van der Waals surface area contributed by atoms with Gasteiger partial charge >= 0.3 is 5.97 Å². The molecule has 1 saturated carbocycles. The van der Waals surface area contributed by atoms with E-state index in [1.165, 1.54) is 6.26 Å². The fourth-order valence-electron chi connectivity index (χ4n) is 3.71. The fraction of sp³-hybridized carbons (Fsp3) is 0.800. The second-order valence-corrected chi connectivity index (χ2v) is 6.43. The Kier molecular flexibility index (Phi) is 5.09. The lowest BCUT2D eigenvalue weighted by Crippen LogP contribution is -2.60. The third kappa shape index (κ3) is 3.03. The van der Waals surface area contributed by atoms with Crippen LogP contribution in [0, 0.1) is 17.8 Å². The molecule has 3 aliphatic rings. The van der Waals surface area contributed by atoms with Crippen molar-refractivity contribution >= 4 is 5.97 Å². The van der Waals surface area contributed by atoms with Crippen LogP contribution in [-0.2, 0) is 19.0 Å². The normalized spacial score (nSPS) is 47.9. The lowest BCUT2D eigenvalue weighted by Gasteiger charge is -2.42. The number of carboxylic acids is 1. The van der Waals surface area contributed by atoms with Crippen molar-refractivity contribution in [1.29, 1.82) is 0 Å². The number of aliphatic carboxylic acids is 1. The molecule has 1 saturated heterocycles. The molecule has 0 spiro atoms. The number of fused-ring (bicyclic) bond motifs is 1. The van der Waals surface area contributed by atoms with E-state index >= 15 is 0 Å². The number of carbonyl (C=O) groups is 1. The summed E-state index contributed by atoms with van der Waals surface area (Å²) in [6.07, 6.45) is -3.61. The summed E-state index contributed by atoms with van der Waals surface area (Å²) in [5, 5.41) is 48.2. The molecule has 0 aromatic rings. The highest BCUT2D eigenvalue weighted by Crippen LogP contribution is 2.44. The highest BCUT2D eigenvalue weighted by molar-refractivity contribution is 5.71. The van der Waals surface area contributed by atoms with Crippen molar-refractivity contribution in [1.82, 2.24) is 0 Å². The lowest BCUT2D eigenvalue weighted by molar-refractivity contribution is -0.342. The first-order valence-corrected chi connectivity index (χ1v) is 7.95. The summed E-state index contributed by atoms with van der Waals surface area (Å²) >= 11 is 0. The number of aliphatic hydroxyl groups excluding tert-OH is 4. The zero-order chi connectivity index (χ0) is 17.4. The summed E-state index contributed by atoms with van der Waals surface area (Å²) in [6, 6.07) is 0. The molecule has 0 aromatic carbocycles. The van der Waals surface area contributed by atoms with Crippen molar-refractivity contribution in [3.05, 3.63) is 12.3 Å². The van der Waals surface area contributed by atoms with Crippen molar-refractivity contribution in [3.63, 3.8) is 0 Å². The van der Waals surface area contributed by atoms with Gasteiger partial charge in [0, 0.05) is 5.92 Å². The van der Waals surface area contributed by atoms with Crippen LogP contribution in [0.25, 0.3) is 0 Å². The van der Waals surface area contributed by atoms with E-state index in [0.717, 1.165) is 0 Å². The highest BCUT2D eigenvalue weighted by atomic mass is 16.8. The summed E-state index contributed by atoms with van der Waals surface area (Å²) in [6.45, 7) is -0.569. The van der Waals surface area contributed by atoms with E-state index in [1.54, 1.807) is 6.08 Å². The maximum absolute atomic E-state index is 11.4. The van der Waals surface area contributed by atoms with Crippen molar-refractivity contribution in [2.24, 2.45) is 17.8 Å². The van der Waals surface area contributed by atoms with Gasteiger partial charge in [-0.05, 0) is 24.8 Å². The first kappa shape index (κ1) is 17.6. The molecule has 0 aromatic heterocycles. The van der Waals surface area contributed by atoms with Crippen LogP contribution in [0.1, 0.15) is 12.8 Å². The third-order valence-corrected chi connectivity index (χ3v) is 5.06. The molecule has 0 bridgehead atoms. The van der Waals surface area contributed by atoms with E-state index in [4.69, 9.17) is 14.2 Å². The predicted molar refractivity (Wildman–Crippen MR) is 76.2 cm³/mol. The predicted octanol–water partition coefficient (Wildman–Crippen LogP) is -1.60. The first-order valence-electron chi connectivity index (χ1n) is 7.95. The van der Waals surface area contributed by atoms with Gasteiger partial charge in [0.25, 0.3) is 0 Å². The summed E-state index contributed by atoms with van der Waals surface area (Å²) < 4.78 is 16.3. The van der Waals surface area contributed by atoms with Crippen LogP contribution in [0.2, 0.25) is 0 Å². The second kappa shape index (κ2) is 6.95. The van der Waals surface area contributed by atoms with Gasteiger partial charge in [-0.25, -0.2) is 0 Å². The Hall–Kier alpha value is -1.23. The van der Waals surface area contributed by atoms with Gasteiger partial charge in [-0.3, -0.25) is 4.79 Å². The quantitative estimate of drug-likeness (QED) is 0.406. The number of ether oxygens (including phenoxy) is 3. The minimum Gasteiger partial charge on any atom is -0.481 e. The SMILES string of the molecule is O=C(O)[C@@H]1CC[C@@H]2C=CO[C@@H](OC3OC(CO)C(O)C(O)C3O)[C@@H]21. The maximum Gasteiger partial charge on any atom is 0.307 e. The number of hydrogen-bond acceptors (Lipinski definition) is 8. The fourth-order valence-corrected chi connectivity index (χ4v) is 3.71. The minimum atomic E-state index is -1.56. The van der Waals surface area contributed by atoms with Gasteiger partial charge in [-0.2, -0.15) is 0 Å². The second-order valence-electron chi connectivity index (χ2n) is 6.43. The topological polar surface area (TPSA) is 146 Å². The minimum absolute atomic E-state index is 0.0188. The van der Waals surface area contributed by atoms with Gasteiger partial charge in [0.2, 0.25) is 6.29 Å². The van der Waals surface area contributed by atoms with Crippen LogP contribution < -0.4 is 0 Å². The van der Waals surface area contributed by atoms with Crippen LogP contribution in [0.3, 0.4) is 0 Å². The molecule has 9 atom stereocenters. The number of carboxylic acid groups (broad SMARTS) is 1. The van der Waals surface area contributed by atoms with E-state index in [2.05, 4.69) is 0 Å². The van der Waals surface area contributed by atoms with E-state index in [9.17, 15) is 30.3 Å². The molecule has 0 amide bonds. The molecule has 1 aliphatic carbocycles. The summed E-state index contributed by atoms with van der Waals surface area (Å²) in [5.74, 6) is -2.05. The Morgan fingerprint density at radius 1 is 1.12 bits per heavy atom. The lowest BCUT2D eigenvalue weighted by atomic mass is 9.87. The molecule has 2 aliphatic heterocycles. The van der Waals surface area contributed by atoms with E-state index in [-0.39, 0.29) is 5.92 Å². The van der Waals surface area contributed by atoms with Crippen LogP contribution >= 0.6 is 0 Å². The average molecular weight is 346 g/mol. The zero-order valence-corrected chi connectivity index (χ0v) is 12.8. The Morgan fingerprint density at radius 2 is 1.88 bits per heavy atom. The number of rotatable bonds is 4. The molecule has 5 unspecified atom stereocenters. The van der Waals surface area contributed by atoms with Gasteiger partial charge < -0.3 is 39.7 Å². The van der Waals surface area contributed by atoms with Crippen molar-refractivity contribution in [3.8, 4) is 0 Å². The largest absolute Gasteiger partial charge is 0.481 e. The molecule has 136 valence electrons. The Morgan fingerprint density at radius 3 is 2.54 bits per heavy atom. The maximum atomic E-state index is 11.4. The molecule has 0 radical (unpaired) electrons. The number of allylic oxidation sites excluding steroid dienone is 1. The molecule has 2 heterocycles. The highest BCUT2D eigenvalue weighted by Gasteiger charge is 2.50. The van der Waals surface area contributed by atoms with Crippen LogP contribution in [0.4, 0.5) is 0 Å². The molecule has 3 rings (SSSR count). The zero-order valence-electron chi connectivity index (χ0n) is 12.8. The summed E-state index contributed by atoms with van der Waals surface area (Å²) in [4.78, 5) is 11.4. The van der Waals surface area contributed by atoms with Crippen molar-refractivity contribution in [2.75, 3.05) is 6.61 Å². The van der Waals surface area contributed by atoms with Gasteiger partial charge in [0.15, 0.2) is 6.29 Å². The van der Waals surface area contributed by atoms with Gasteiger partial charge in [0.05, 0.1) is 18.8 Å².